The van der Waals surface area contributed by atoms with Crippen molar-refractivity contribution in [3.63, 3.8) is 0 Å². The van der Waals surface area contributed by atoms with Crippen LogP contribution in [0.5, 0.6) is 0 Å². The number of carbonyl (C=O) groups excluding carboxylic acids is 4. The molecule has 0 aliphatic carbocycles. The van der Waals surface area contributed by atoms with E-state index in [1.54, 1.807) is 18.2 Å². The number of hydrogen-bond acceptors (Lipinski definition) is 5. The molecule has 1 aliphatic heterocycles. The highest BCUT2D eigenvalue weighted by atomic mass is 79.9. The standard InChI is InChI=1S/C22H21BrClN3O5/c1-12-13(2)18(8-7-17(12)23)25-19(28)11-32-22(31)15-9-20(29)27(10-15)26-21(30)14-3-5-16(24)6-4-14/h3-8,15H,9-11H2,1-2H3,(H,25,28)(H,26,30)/t15-/m1/s1. The first-order chi connectivity index (χ1) is 15.2. The van der Waals surface area contributed by atoms with Crippen molar-refractivity contribution in [1.29, 1.82) is 0 Å². The van der Waals surface area contributed by atoms with Gasteiger partial charge in [0.2, 0.25) is 5.91 Å². The number of halogens is 2. The molecule has 3 rings (SSSR count). The van der Waals surface area contributed by atoms with Crippen molar-refractivity contribution in [2.75, 3.05) is 18.5 Å². The van der Waals surface area contributed by atoms with Gasteiger partial charge in [0.15, 0.2) is 6.61 Å². The highest BCUT2D eigenvalue weighted by Gasteiger charge is 2.36. The van der Waals surface area contributed by atoms with Crippen molar-refractivity contribution >= 4 is 56.9 Å². The van der Waals surface area contributed by atoms with Gasteiger partial charge >= 0.3 is 5.97 Å². The molecular formula is C22H21BrClN3O5. The summed E-state index contributed by atoms with van der Waals surface area (Å²) < 4.78 is 6.02. The molecule has 1 heterocycles. The van der Waals surface area contributed by atoms with Gasteiger partial charge in [0, 0.05) is 27.2 Å². The van der Waals surface area contributed by atoms with Crippen LogP contribution < -0.4 is 10.7 Å². The molecule has 1 saturated heterocycles. The smallest absolute Gasteiger partial charge is 0.311 e. The second-order valence-corrected chi connectivity index (χ2v) is 8.64. The van der Waals surface area contributed by atoms with Gasteiger partial charge in [-0.1, -0.05) is 27.5 Å². The van der Waals surface area contributed by atoms with E-state index in [9.17, 15) is 19.2 Å². The van der Waals surface area contributed by atoms with E-state index >= 15 is 0 Å². The van der Waals surface area contributed by atoms with E-state index in [2.05, 4.69) is 26.7 Å². The van der Waals surface area contributed by atoms with E-state index in [1.165, 1.54) is 12.1 Å². The lowest BCUT2D eigenvalue weighted by Gasteiger charge is -2.17. The number of benzene rings is 2. The minimum absolute atomic E-state index is 0.0381. The normalized spacial score (nSPS) is 15.4. The van der Waals surface area contributed by atoms with E-state index in [1.807, 2.05) is 19.9 Å². The molecule has 10 heteroatoms. The number of anilines is 1. The van der Waals surface area contributed by atoms with Crippen LogP contribution in [0, 0.1) is 19.8 Å². The summed E-state index contributed by atoms with van der Waals surface area (Å²) in [7, 11) is 0. The third kappa shape index (κ3) is 5.66. The SMILES string of the molecule is Cc1c(Br)ccc(NC(=O)COC(=O)[C@@H]2CC(=O)N(NC(=O)c3ccc(Cl)cc3)C2)c1C. The average molecular weight is 523 g/mol. The number of hydrazine groups is 1. The maximum Gasteiger partial charge on any atom is 0.311 e. The van der Waals surface area contributed by atoms with Gasteiger partial charge in [0.05, 0.1) is 12.5 Å². The minimum atomic E-state index is -0.780. The molecule has 0 bridgehead atoms. The van der Waals surface area contributed by atoms with Gasteiger partial charge in [0.25, 0.3) is 11.8 Å². The predicted molar refractivity (Wildman–Crippen MR) is 122 cm³/mol. The Labute approximate surface area is 198 Å². The Bertz CT molecular complexity index is 1070. The molecule has 1 fully saturated rings. The first-order valence-corrected chi connectivity index (χ1v) is 10.9. The molecule has 3 amide bonds. The van der Waals surface area contributed by atoms with Crippen LogP contribution in [0.3, 0.4) is 0 Å². The van der Waals surface area contributed by atoms with E-state index in [4.69, 9.17) is 16.3 Å². The summed E-state index contributed by atoms with van der Waals surface area (Å²) >= 11 is 9.23. The third-order valence-electron chi connectivity index (χ3n) is 5.14. The molecule has 0 radical (unpaired) electrons. The van der Waals surface area contributed by atoms with E-state index in [-0.39, 0.29) is 13.0 Å². The minimum Gasteiger partial charge on any atom is -0.455 e. The fourth-order valence-electron chi connectivity index (χ4n) is 3.13. The van der Waals surface area contributed by atoms with Crippen LogP contribution in [0.4, 0.5) is 5.69 Å². The Morgan fingerprint density at radius 1 is 1.12 bits per heavy atom. The van der Waals surface area contributed by atoms with Crippen LogP contribution in [-0.2, 0) is 19.1 Å². The number of amides is 3. The molecule has 1 atom stereocenters. The largest absolute Gasteiger partial charge is 0.455 e. The Kier molecular flexibility index (Phi) is 7.52. The lowest BCUT2D eigenvalue weighted by Crippen LogP contribution is -2.43. The van der Waals surface area contributed by atoms with Crippen molar-refractivity contribution in [3.05, 3.63) is 62.6 Å². The molecule has 0 spiro atoms. The molecule has 2 aromatic carbocycles. The summed E-state index contributed by atoms with van der Waals surface area (Å²) in [6, 6.07) is 9.74. The molecule has 0 unspecified atom stereocenters. The number of nitrogens with one attached hydrogen (secondary N) is 2. The molecule has 0 saturated carbocycles. The van der Waals surface area contributed by atoms with Gasteiger partial charge in [-0.2, -0.15) is 0 Å². The van der Waals surface area contributed by atoms with Crippen molar-refractivity contribution in [2.24, 2.45) is 5.92 Å². The van der Waals surface area contributed by atoms with Gasteiger partial charge in [-0.05, 0) is 61.4 Å². The first kappa shape index (κ1) is 23.7. The van der Waals surface area contributed by atoms with Crippen molar-refractivity contribution in [2.45, 2.75) is 20.3 Å². The highest BCUT2D eigenvalue weighted by Crippen LogP contribution is 2.26. The van der Waals surface area contributed by atoms with Crippen molar-refractivity contribution in [1.82, 2.24) is 10.4 Å². The second-order valence-electron chi connectivity index (χ2n) is 7.35. The van der Waals surface area contributed by atoms with E-state index < -0.39 is 36.2 Å². The average Bonchev–Trinajstić information content (AvgIpc) is 3.13. The van der Waals surface area contributed by atoms with Gasteiger partial charge in [0.1, 0.15) is 0 Å². The zero-order chi connectivity index (χ0) is 23.4. The lowest BCUT2D eigenvalue weighted by molar-refractivity contribution is -0.151. The third-order valence-corrected chi connectivity index (χ3v) is 6.25. The van der Waals surface area contributed by atoms with Crippen LogP contribution in [0.2, 0.25) is 5.02 Å². The van der Waals surface area contributed by atoms with E-state index in [0.717, 1.165) is 20.6 Å². The van der Waals surface area contributed by atoms with Gasteiger partial charge in [-0.15, -0.1) is 0 Å². The van der Waals surface area contributed by atoms with Gasteiger partial charge in [-0.25, -0.2) is 0 Å². The van der Waals surface area contributed by atoms with Gasteiger partial charge in [-0.3, -0.25) is 29.6 Å². The number of rotatable bonds is 6. The highest BCUT2D eigenvalue weighted by molar-refractivity contribution is 9.10. The van der Waals surface area contributed by atoms with Gasteiger partial charge < -0.3 is 10.1 Å². The Morgan fingerprint density at radius 3 is 2.50 bits per heavy atom. The summed E-state index contributed by atoms with van der Waals surface area (Å²) in [4.78, 5) is 49.0. The van der Waals surface area contributed by atoms with E-state index in [0.29, 0.717) is 16.3 Å². The summed E-state index contributed by atoms with van der Waals surface area (Å²) in [6.45, 7) is 3.28. The maximum atomic E-state index is 12.3. The Morgan fingerprint density at radius 2 is 1.81 bits per heavy atom. The van der Waals surface area contributed by atoms with Crippen LogP contribution in [0.25, 0.3) is 0 Å². The summed E-state index contributed by atoms with van der Waals surface area (Å²) in [6.07, 6.45) is -0.119. The lowest BCUT2D eigenvalue weighted by atomic mass is 10.1. The van der Waals surface area contributed by atoms with Crippen molar-refractivity contribution < 1.29 is 23.9 Å². The molecule has 2 N–H and O–H groups in total. The summed E-state index contributed by atoms with van der Waals surface area (Å²) in [5, 5.41) is 4.27. The van der Waals surface area contributed by atoms with Crippen LogP contribution >= 0.6 is 27.5 Å². The first-order valence-electron chi connectivity index (χ1n) is 9.75. The van der Waals surface area contributed by atoms with Crippen LogP contribution in [0.1, 0.15) is 27.9 Å². The van der Waals surface area contributed by atoms with Crippen LogP contribution in [-0.4, -0.2) is 41.9 Å². The van der Waals surface area contributed by atoms with Crippen LogP contribution in [0.15, 0.2) is 40.9 Å². The molecule has 1 aliphatic rings. The molecule has 0 aromatic heterocycles. The molecular weight excluding hydrogens is 502 g/mol. The summed E-state index contributed by atoms with van der Waals surface area (Å²) in [5.74, 6) is -2.86. The molecule has 8 nitrogen and oxygen atoms in total. The molecule has 168 valence electrons. The van der Waals surface area contributed by atoms with Crippen molar-refractivity contribution in [3.8, 4) is 0 Å². The monoisotopic (exact) mass is 521 g/mol. The number of esters is 1. The summed E-state index contributed by atoms with van der Waals surface area (Å²) in [5.41, 5.74) is 5.31. The fraction of sp³-hybridized carbons (Fsp3) is 0.273. The Balaban J connectivity index is 1.50. The molecule has 2 aromatic rings. The zero-order valence-corrected chi connectivity index (χ0v) is 19.7. The number of hydrogen-bond donors (Lipinski definition) is 2. The number of nitrogens with zero attached hydrogens (tertiary/aromatic N) is 1. The fourth-order valence-corrected chi connectivity index (χ4v) is 3.68. The number of ether oxygens (including phenoxy) is 1. The second kappa shape index (κ2) is 10.1. The topological polar surface area (TPSA) is 105 Å². The molecule has 32 heavy (non-hydrogen) atoms. The number of carbonyl (C=O) groups is 4. The predicted octanol–water partition coefficient (Wildman–Crippen LogP) is 3.39. The zero-order valence-electron chi connectivity index (χ0n) is 17.4. The quantitative estimate of drug-likeness (QED) is 0.566. The Hall–Kier alpha value is -2.91. The maximum absolute atomic E-state index is 12.3.